The molecule has 3 rings (SSSR count). The molecule has 1 fully saturated rings. The maximum atomic E-state index is 13.3. The number of amides is 2. The van der Waals surface area contributed by atoms with Gasteiger partial charge in [0.2, 0.25) is 5.91 Å². The van der Waals surface area contributed by atoms with Gasteiger partial charge in [-0.1, -0.05) is 12.1 Å². The van der Waals surface area contributed by atoms with Crippen LogP contribution in [0.1, 0.15) is 39.1 Å². The average Bonchev–Trinajstić information content (AvgIpc) is 3.02. The number of halogens is 1. The Morgan fingerprint density at radius 3 is 2.50 bits per heavy atom. The molecule has 124 valence electrons. The smallest absolute Gasteiger partial charge is 0.254 e. The van der Waals surface area contributed by atoms with Crippen molar-refractivity contribution in [3.8, 4) is 0 Å². The fraction of sp³-hybridized carbons (Fsp3) is 0.263. The van der Waals surface area contributed by atoms with Crippen LogP contribution in [0.25, 0.3) is 0 Å². The molecule has 2 N–H and O–H groups in total. The molecule has 0 spiro atoms. The van der Waals surface area contributed by atoms with E-state index in [0.717, 1.165) is 18.4 Å². The Morgan fingerprint density at radius 1 is 1.12 bits per heavy atom. The van der Waals surface area contributed by atoms with Crippen molar-refractivity contribution in [1.29, 1.82) is 0 Å². The molecule has 1 aliphatic rings. The number of likely N-dealkylation sites (tertiary alicyclic amines) is 1. The van der Waals surface area contributed by atoms with Crippen LogP contribution in [-0.2, 0) is 6.42 Å². The number of carbonyl (C=O) groups is 2. The minimum absolute atomic E-state index is 0.0649. The van der Waals surface area contributed by atoms with E-state index in [1.165, 1.54) is 12.1 Å². The van der Waals surface area contributed by atoms with Crippen molar-refractivity contribution in [3.63, 3.8) is 0 Å². The Hall–Kier alpha value is -2.69. The predicted molar refractivity (Wildman–Crippen MR) is 89.1 cm³/mol. The van der Waals surface area contributed by atoms with Crippen LogP contribution in [0.4, 0.5) is 4.39 Å². The molecule has 1 aliphatic heterocycles. The Bertz CT molecular complexity index is 758. The number of nitrogens with two attached hydrogens (primary N) is 1. The molecule has 0 aromatic heterocycles. The minimum Gasteiger partial charge on any atom is -0.366 e. The van der Waals surface area contributed by atoms with Gasteiger partial charge >= 0.3 is 0 Å². The summed E-state index contributed by atoms with van der Waals surface area (Å²) in [4.78, 5) is 25.7. The number of nitrogens with zero attached hydrogens (tertiary/aromatic N) is 1. The standard InChI is InChI=1S/C19H19FN2O2/c20-16-4-1-3-13(11-16)12-17-5-2-10-22(17)19(24)15-8-6-14(7-9-15)18(21)23/h1,3-4,6-9,11,17H,2,5,10,12H2,(H2,21,23). The minimum atomic E-state index is -0.515. The van der Waals surface area contributed by atoms with Crippen molar-refractivity contribution in [2.75, 3.05) is 6.54 Å². The van der Waals surface area contributed by atoms with Crippen LogP contribution in [0.15, 0.2) is 48.5 Å². The molecule has 1 heterocycles. The summed E-state index contributed by atoms with van der Waals surface area (Å²) in [5.74, 6) is -0.838. The number of hydrogen-bond donors (Lipinski definition) is 1. The summed E-state index contributed by atoms with van der Waals surface area (Å²) in [6, 6.07) is 12.9. The van der Waals surface area contributed by atoms with Crippen molar-refractivity contribution in [1.82, 2.24) is 4.90 Å². The van der Waals surface area contributed by atoms with E-state index in [4.69, 9.17) is 5.73 Å². The zero-order chi connectivity index (χ0) is 17.1. The van der Waals surface area contributed by atoms with E-state index < -0.39 is 5.91 Å². The van der Waals surface area contributed by atoms with E-state index in [9.17, 15) is 14.0 Å². The molecule has 0 aliphatic carbocycles. The maximum absolute atomic E-state index is 13.3. The predicted octanol–water partition coefficient (Wildman–Crippen LogP) is 2.77. The second-order valence-corrected chi connectivity index (χ2v) is 6.07. The first-order chi connectivity index (χ1) is 11.5. The van der Waals surface area contributed by atoms with Gasteiger partial charge in [-0.15, -0.1) is 0 Å². The number of rotatable bonds is 4. The third-order valence-electron chi connectivity index (χ3n) is 4.41. The van der Waals surface area contributed by atoms with E-state index in [1.807, 2.05) is 11.0 Å². The summed E-state index contributed by atoms with van der Waals surface area (Å²) in [7, 11) is 0. The van der Waals surface area contributed by atoms with Gasteiger partial charge in [-0.25, -0.2) is 4.39 Å². The van der Waals surface area contributed by atoms with E-state index >= 15 is 0 Å². The van der Waals surface area contributed by atoms with Crippen molar-refractivity contribution in [2.45, 2.75) is 25.3 Å². The van der Waals surface area contributed by atoms with E-state index in [1.54, 1.807) is 30.3 Å². The molecule has 24 heavy (non-hydrogen) atoms. The maximum Gasteiger partial charge on any atom is 0.254 e. The zero-order valence-corrected chi connectivity index (χ0v) is 13.2. The highest BCUT2D eigenvalue weighted by molar-refractivity contribution is 5.97. The lowest BCUT2D eigenvalue weighted by Gasteiger charge is -2.25. The normalized spacial score (nSPS) is 17.0. The van der Waals surface area contributed by atoms with Crippen LogP contribution >= 0.6 is 0 Å². The Balaban J connectivity index is 1.74. The molecule has 4 nitrogen and oxygen atoms in total. The van der Waals surface area contributed by atoms with Crippen LogP contribution in [0.3, 0.4) is 0 Å². The van der Waals surface area contributed by atoms with Gasteiger partial charge in [0, 0.05) is 23.7 Å². The van der Waals surface area contributed by atoms with E-state index in [2.05, 4.69) is 0 Å². The van der Waals surface area contributed by atoms with Crippen LogP contribution in [0.2, 0.25) is 0 Å². The molecule has 2 amide bonds. The first-order valence-corrected chi connectivity index (χ1v) is 8.00. The molecule has 1 saturated heterocycles. The molecule has 1 atom stereocenters. The first-order valence-electron chi connectivity index (χ1n) is 8.00. The third kappa shape index (κ3) is 3.45. The van der Waals surface area contributed by atoms with Gasteiger partial charge in [-0.3, -0.25) is 9.59 Å². The third-order valence-corrected chi connectivity index (χ3v) is 4.41. The Morgan fingerprint density at radius 2 is 1.83 bits per heavy atom. The first kappa shape index (κ1) is 16.2. The van der Waals surface area contributed by atoms with Gasteiger partial charge in [-0.2, -0.15) is 0 Å². The summed E-state index contributed by atoms with van der Waals surface area (Å²) in [6.07, 6.45) is 2.48. The summed E-state index contributed by atoms with van der Waals surface area (Å²) in [5, 5.41) is 0. The van der Waals surface area contributed by atoms with Gasteiger partial charge in [0.15, 0.2) is 0 Å². The summed E-state index contributed by atoms with van der Waals surface area (Å²) >= 11 is 0. The molecule has 2 aromatic carbocycles. The molecule has 1 unspecified atom stereocenters. The molecule has 0 radical (unpaired) electrons. The van der Waals surface area contributed by atoms with Crippen LogP contribution in [0.5, 0.6) is 0 Å². The topological polar surface area (TPSA) is 63.4 Å². The number of primary amides is 1. The Kier molecular flexibility index (Phi) is 4.60. The fourth-order valence-electron chi connectivity index (χ4n) is 3.19. The molecular formula is C19H19FN2O2. The largest absolute Gasteiger partial charge is 0.366 e. The van der Waals surface area contributed by atoms with Gasteiger partial charge in [-0.05, 0) is 61.2 Å². The molecule has 0 bridgehead atoms. The highest BCUT2D eigenvalue weighted by Crippen LogP contribution is 2.24. The summed E-state index contributed by atoms with van der Waals surface area (Å²) in [6.45, 7) is 0.691. The molecule has 5 heteroatoms. The summed E-state index contributed by atoms with van der Waals surface area (Å²) in [5.41, 5.74) is 7.02. The van der Waals surface area contributed by atoms with Crippen molar-refractivity contribution in [2.24, 2.45) is 5.73 Å². The number of carbonyl (C=O) groups excluding carboxylic acids is 2. The van der Waals surface area contributed by atoms with Crippen LogP contribution < -0.4 is 5.73 Å². The second kappa shape index (κ2) is 6.83. The van der Waals surface area contributed by atoms with E-state index in [-0.39, 0.29) is 17.8 Å². The molecule has 0 saturated carbocycles. The second-order valence-electron chi connectivity index (χ2n) is 6.07. The Labute approximate surface area is 140 Å². The number of benzene rings is 2. The van der Waals surface area contributed by atoms with E-state index in [0.29, 0.717) is 24.1 Å². The average molecular weight is 326 g/mol. The number of hydrogen-bond acceptors (Lipinski definition) is 2. The van der Waals surface area contributed by atoms with Crippen LogP contribution in [-0.4, -0.2) is 29.3 Å². The highest BCUT2D eigenvalue weighted by atomic mass is 19.1. The molecular weight excluding hydrogens is 307 g/mol. The monoisotopic (exact) mass is 326 g/mol. The van der Waals surface area contributed by atoms with Crippen molar-refractivity contribution in [3.05, 3.63) is 71.0 Å². The summed E-state index contributed by atoms with van der Waals surface area (Å²) < 4.78 is 13.3. The van der Waals surface area contributed by atoms with Crippen LogP contribution in [0, 0.1) is 5.82 Å². The van der Waals surface area contributed by atoms with Gasteiger partial charge in [0.1, 0.15) is 5.82 Å². The lowest BCUT2D eigenvalue weighted by molar-refractivity contribution is 0.0736. The highest BCUT2D eigenvalue weighted by Gasteiger charge is 2.29. The van der Waals surface area contributed by atoms with Gasteiger partial charge < -0.3 is 10.6 Å². The SMILES string of the molecule is NC(=O)c1ccc(C(=O)N2CCCC2Cc2cccc(F)c2)cc1. The molecule has 2 aromatic rings. The zero-order valence-electron chi connectivity index (χ0n) is 13.2. The van der Waals surface area contributed by atoms with Gasteiger partial charge in [0.25, 0.3) is 5.91 Å². The quantitative estimate of drug-likeness (QED) is 0.939. The van der Waals surface area contributed by atoms with Crippen molar-refractivity contribution >= 4 is 11.8 Å². The fourth-order valence-corrected chi connectivity index (χ4v) is 3.19. The lowest BCUT2D eigenvalue weighted by atomic mass is 10.0. The van der Waals surface area contributed by atoms with Crippen molar-refractivity contribution < 1.29 is 14.0 Å². The van der Waals surface area contributed by atoms with Gasteiger partial charge in [0.05, 0.1) is 0 Å². The lowest BCUT2D eigenvalue weighted by Crippen LogP contribution is -2.36.